The number of benzene rings is 1. The van der Waals surface area contributed by atoms with Gasteiger partial charge < -0.3 is 10.1 Å². The lowest BCUT2D eigenvalue weighted by Crippen LogP contribution is -2.32. The predicted molar refractivity (Wildman–Crippen MR) is 95.1 cm³/mol. The predicted octanol–water partition coefficient (Wildman–Crippen LogP) is 5.05. The van der Waals surface area contributed by atoms with E-state index in [9.17, 15) is 0 Å². The van der Waals surface area contributed by atoms with Crippen molar-refractivity contribution in [1.29, 1.82) is 0 Å². The van der Waals surface area contributed by atoms with Crippen molar-refractivity contribution in [2.75, 3.05) is 19.7 Å². The molecule has 0 radical (unpaired) electrons. The number of hydrogen-bond acceptors (Lipinski definition) is 2. The third-order valence-corrected chi connectivity index (χ3v) is 4.04. The number of hydrogen-bond donors (Lipinski definition) is 1. The van der Waals surface area contributed by atoms with Crippen LogP contribution in [0.1, 0.15) is 46.6 Å². The fraction of sp³-hybridized carbons (Fsp3) is 0.667. The molecule has 120 valence electrons. The smallest absolute Gasteiger partial charge is 0.122 e. The largest absolute Gasteiger partial charge is 0.494 e. The van der Waals surface area contributed by atoms with Gasteiger partial charge in [-0.3, -0.25) is 0 Å². The fourth-order valence-corrected chi connectivity index (χ4v) is 2.71. The summed E-state index contributed by atoms with van der Waals surface area (Å²) in [4.78, 5) is 0. The number of rotatable bonds is 9. The second-order valence-corrected chi connectivity index (χ2v) is 7.79. The Morgan fingerprint density at radius 3 is 2.62 bits per heavy atom. The molecule has 21 heavy (non-hydrogen) atoms. The zero-order chi connectivity index (χ0) is 15.9. The van der Waals surface area contributed by atoms with Gasteiger partial charge in [-0.2, -0.15) is 0 Å². The van der Waals surface area contributed by atoms with Crippen molar-refractivity contribution in [2.24, 2.45) is 11.3 Å². The standard InChI is InChI=1S/C18H30BrNO/c1-6-21-17-8-7-16(19)11-15(17)9-10-18(4,5)13-20-12-14(2)3/h7-8,11,14,20H,6,9-10,12-13H2,1-5H3. The van der Waals surface area contributed by atoms with Crippen LogP contribution >= 0.6 is 15.9 Å². The van der Waals surface area contributed by atoms with E-state index in [-0.39, 0.29) is 0 Å². The highest BCUT2D eigenvalue weighted by molar-refractivity contribution is 9.10. The van der Waals surface area contributed by atoms with E-state index in [2.05, 4.69) is 61.1 Å². The Bertz CT molecular complexity index is 429. The van der Waals surface area contributed by atoms with E-state index in [1.54, 1.807) is 0 Å². The third kappa shape index (κ3) is 7.32. The summed E-state index contributed by atoms with van der Waals surface area (Å²) in [5.41, 5.74) is 1.59. The van der Waals surface area contributed by atoms with Crippen LogP contribution in [0.25, 0.3) is 0 Å². The first-order chi connectivity index (χ1) is 9.84. The SMILES string of the molecule is CCOc1ccc(Br)cc1CCC(C)(C)CNCC(C)C. The van der Waals surface area contributed by atoms with Gasteiger partial charge in [0.25, 0.3) is 0 Å². The highest BCUT2D eigenvalue weighted by Gasteiger charge is 2.18. The second kappa shape index (κ2) is 8.79. The number of nitrogens with one attached hydrogen (secondary N) is 1. The molecule has 2 nitrogen and oxygen atoms in total. The van der Waals surface area contributed by atoms with Crippen LogP contribution < -0.4 is 10.1 Å². The molecule has 0 saturated heterocycles. The van der Waals surface area contributed by atoms with Crippen LogP contribution in [0.3, 0.4) is 0 Å². The molecule has 3 heteroatoms. The Balaban J connectivity index is 2.58. The maximum absolute atomic E-state index is 5.73. The first-order valence-corrected chi connectivity index (χ1v) is 8.75. The summed E-state index contributed by atoms with van der Waals surface area (Å²) in [5.74, 6) is 1.72. The summed E-state index contributed by atoms with van der Waals surface area (Å²) in [6, 6.07) is 6.29. The monoisotopic (exact) mass is 355 g/mol. The maximum Gasteiger partial charge on any atom is 0.122 e. The van der Waals surface area contributed by atoms with Crippen LogP contribution in [-0.2, 0) is 6.42 Å². The van der Waals surface area contributed by atoms with E-state index >= 15 is 0 Å². The topological polar surface area (TPSA) is 21.3 Å². The van der Waals surface area contributed by atoms with Crippen LogP contribution in [0.5, 0.6) is 5.75 Å². The summed E-state index contributed by atoms with van der Waals surface area (Å²) in [6.45, 7) is 14.1. The lowest BCUT2D eigenvalue weighted by molar-refractivity contribution is 0.302. The van der Waals surface area contributed by atoms with Gasteiger partial charge in [0, 0.05) is 11.0 Å². The molecule has 0 heterocycles. The molecule has 0 bridgehead atoms. The molecule has 1 aromatic carbocycles. The molecular weight excluding hydrogens is 326 g/mol. The molecule has 0 saturated carbocycles. The number of ether oxygens (including phenoxy) is 1. The van der Waals surface area contributed by atoms with E-state index in [0.717, 1.165) is 36.2 Å². The summed E-state index contributed by atoms with van der Waals surface area (Å²) in [5, 5.41) is 3.57. The molecule has 0 amide bonds. The molecule has 0 fully saturated rings. The Morgan fingerprint density at radius 1 is 1.29 bits per heavy atom. The van der Waals surface area contributed by atoms with Crippen LogP contribution in [-0.4, -0.2) is 19.7 Å². The number of aryl methyl sites for hydroxylation is 1. The van der Waals surface area contributed by atoms with E-state index in [0.29, 0.717) is 17.9 Å². The summed E-state index contributed by atoms with van der Waals surface area (Å²) in [7, 11) is 0. The van der Waals surface area contributed by atoms with E-state index in [1.807, 2.05) is 13.0 Å². The van der Waals surface area contributed by atoms with Crippen molar-refractivity contribution in [3.05, 3.63) is 28.2 Å². The van der Waals surface area contributed by atoms with Crippen molar-refractivity contribution >= 4 is 15.9 Å². The van der Waals surface area contributed by atoms with Gasteiger partial charge in [-0.1, -0.05) is 43.6 Å². The minimum absolute atomic E-state index is 0.292. The Labute approximate surface area is 138 Å². The quantitative estimate of drug-likeness (QED) is 0.668. The fourth-order valence-electron chi connectivity index (χ4n) is 2.30. The van der Waals surface area contributed by atoms with Crippen molar-refractivity contribution in [2.45, 2.75) is 47.5 Å². The van der Waals surface area contributed by atoms with Gasteiger partial charge >= 0.3 is 0 Å². The Kier molecular flexibility index (Phi) is 7.75. The van der Waals surface area contributed by atoms with Gasteiger partial charge in [-0.05, 0) is 61.4 Å². The third-order valence-electron chi connectivity index (χ3n) is 3.55. The molecule has 1 N–H and O–H groups in total. The van der Waals surface area contributed by atoms with Gasteiger partial charge in [-0.25, -0.2) is 0 Å². The molecule has 0 aliphatic rings. The van der Waals surface area contributed by atoms with Gasteiger partial charge in [0.05, 0.1) is 6.61 Å². The molecule has 0 aliphatic carbocycles. The van der Waals surface area contributed by atoms with Gasteiger partial charge in [0.15, 0.2) is 0 Å². The van der Waals surface area contributed by atoms with E-state index < -0.39 is 0 Å². The molecule has 0 unspecified atom stereocenters. The number of halogens is 1. The molecule has 1 rings (SSSR count). The van der Waals surface area contributed by atoms with Crippen LogP contribution in [0.2, 0.25) is 0 Å². The Hall–Kier alpha value is -0.540. The highest BCUT2D eigenvalue weighted by Crippen LogP contribution is 2.28. The minimum Gasteiger partial charge on any atom is -0.494 e. The van der Waals surface area contributed by atoms with Crippen molar-refractivity contribution in [3.63, 3.8) is 0 Å². The minimum atomic E-state index is 0.292. The van der Waals surface area contributed by atoms with E-state index in [1.165, 1.54) is 5.56 Å². The average molecular weight is 356 g/mol. The second-order valence-electron chi connectivity index (χ2n) is 6.87. The van der Waals surface area contributed by atoms with Gasteiger partial charge in [0.2, 0.25) is 0 Å². The summed E-state index contributed by atoms with van der Waals surface area (Å²) >= 11 is 3.56. The average Bonchev–Trinajstić information content (AvgIpc) is 2.38. The van der Waals surface area contributed by atoms with E-state index in [4.69, 9.17) is 4.74 Å². The molecule has 0 aliphatic heterocycles. The molecular formula is C18H30BrNO. The molecule has 0 aromatic heterocycles. The lowest BCUT2D eigenvalue weighted by atomic mass is 9.86. The first kappa shape index (κ1) is 18.5. The Morgan fingerprint density at radius 2 is 2.00 bits per heavy atom. The van der Waals surface area contributed by atoms with Crippen LogP contribution in [0.4, 0.5) is 0 Å². The van der Waals surface area contributed by atoms with Crippen molar-refractivity contribution in [3.8, 4) is 5.75 Å². The molecule has 0 spiro atoms. The van der Waals surface area contributed by atoms with Crippen molar-refractivity contribution in [1.82, 2.24) is 5.32 Å². The summed E-state index contributed by atoms with van der Waals surface area (Å²) in [6.07, 6.45) is 2.19. The zero-order valence-electron chi connectivity index (χ0n) is 14.1. The van der Waals surface area contributed by atoms with Gasteiger partial charge in [0.1, 0.15) is 5.75 Å². The molecule has 1 aromatic rings. The maximum atomic E-state index is 5.73. The van der Waals surface area contributed by atoms with Crippen molar-refractivity contribution < 1.29 is 4.74 Å². The van der Waals surface area contributed by atoms with Gasteiger partial charge in [-0.15, -0.1) is 0 Å². The zero-order valence-corrected chi connectivity index (χ0v) is 15.7. The lowest BCUT2D eigenvalue weighted by Gasteiger charge is -2.26. The summed E-state index contributed by atoms with van der Waals surface area (Å²) < 4.78 is 6.86. The first-order valence-electron chi connectivity index (χ1n) is 7.96. The molecule has 0 atom stereocenters. The normalized spacial score (nSPS) is 12.0. The highest BCUT2D eigenvalue weighted by atomic mass is 79.9. The van der Waals surface area contributed by atoms with Crippen LogP contribution in [0.15, 0.2) is 22.7 Å². The van der Waals surface area contributed by atoms with Crippen LogP contribution in [0, 0.1) is 11.3 Å².